The quantitative estimate of drug-likeness (QED) is 0.796. The van der Waals surface area contributed by atoms with E-state index in [1.165, 1.54) is 24.3 Å². The third-order valence-corrected chi connectivity index (χ3v) is 2.71. The van der Waals surface area contributed by atoms with Crippen LogP contribution in [-0.2, 0) is 13.1 Å². The molecule has 0 fully saturated rings. The van der Waals surface area contributed by atoms with Crippen LogP contribution >= 0.6 is 0 Å². The second-order valence-corrected chi connectivity index (χ2v) is 4.15. The van der Waals surface area contributed by atoms with Crippen LogP contribution < -0.4 is 5.32 Å². The van der Waals surface area contributed by atoms with E-state index in [0.717, 1.165) is 6.07 Å². The van der Waals surface area contributed by atoms with Gasteiger partial charge in [0.15, 0.2) is 0 Å². The topological polar surface area (TPSA) is 52.5 Å². The number of halogens is 2. The van der Waals surface area contributed by atoms with Crippen LogP contribution in [0.4, 0.5) is 8.78 Å². The van der Waals surface area contributed by atoms with Gasteiger partial charge in [-0.1, -0.05) is 12.1 Å². The van der Waals surface area contributed by atoms with Gasteiger partial charge in [0.05, 0.1) is 0 Å². The van der Waals surface area contributed by atoms with Gasteiger partial charge in [-0.3, -0.25) is 0 Å². The molecular formula is C14H13F2NO2. The van der Waals surface area contributed by atoms with Gasteiger partial charge in [0.1, 0.15) is 23.1 Å². The number of aromatic hydroxyl groups is 2. The molecule has 0 bridgehead atoms. The van der Waals surface area contributed by atoms with E-state index in [9.17, 15) is 13.9 Å². The van der Waals surface area contributed by atoms with E-state index in [2.05, 4.69) is 5.32 Å². The van der Waals surface area contributed by atoms with Crippen LogP contribution in [0.15, 0.2) is 36.4 Å². The minimum Gasteiger partial charge on any atom is -0.508 e. The van der Waals surface area contributed by atoms with Gasteiger partial charge in [0.2, 0.25) is 0 Å². The molecular weight excluding hydrogens is 252 g/mol. The zero-order valence-electron chi connectivity index (χ0n) is 10.0. The molecule has 2 rings (SSSR count). The summed E-state index contributed by atoms with van der Waals surface area (Å²) in [6.45, 7) is 0.523. The average Bonchev–Trinajstić information content (AvgIpc) is 2.34. The molecule has 0 amide bonds. The molecule has 0 saturated heterocycles. The second-order valence-electron chi connectivity index (χ2n) is 4.15. The first-order valence-corrected chi connectivity index (χ1v) is 5.72. The summed E-state index contributed by atoms with van der Waals surface area (Å²) in [4.78, 5) is 0. The van der Waals surface area contributed by atoms with Crippen molar-refractivity contribution in [2.45, 2.75) is 13.1 Å². The Kier molecular flexibility index (Phi) is 3.97. The normalized spacial score (nSPS) is 10.6. The molecule has 2 aromatic carbocycles. The highest BCUT2D eigenvalue weighted by atomic mass is 19.1. The summed E-state index contributed by atoms with van der Waals surface area (Å²) in [5, 5.41) is 21.6. The fourth-order valence-corrected chi connectivity index (χ4v) is 1.70. The third kappa shape index (κ3) is 3.42. The summed E-state index contributed by atoms with van der Waals surface area (Å²) in [5.74, 6) is -1.28. The van der Waals surface area contributed by atoms with Crippen LogP contribution in [0.5, 0.6) is 11.5 Å². The predicted molar refractivity (Wildman–Crippen MR) is 66.7 cm³/mol. The molecule has 0 aliphatic rings. The van der Waals surface area contributed by atoms with E-state index < -0.39 is 11.6 Å². The molecule has 5 heteroatoms. The molecule has 3 nitrogen and oxygen atoms in total. The largest absolute Gasteiger partial charge is 0.508 e. The number of nitrogens with one attached hydrogen (secondary N) is 1. The number of rotatable bonds is 4. The fourth-order valence-electron chi connectivity index (χ4n) is 1.70. The molecule has 0 radical (unpaired) electrons. The standard InChI is InChI=1S/C14H13F2NO2/c15-11-3-1-9(13(16)5-11)7-17-8-10-2-4-12(18)6-14(10)19/h1-6,17-19H,7-8H2. The van der Waals surface area contributed by atoms with Crippen LogP contribution in [0.2, 0.25) is 0 Å². The van der Waals surface area contributed by atoms with Crippen molar-refractivity contribution in [3.63, 3.8) is 0 Å². The van der Waals surface area contributed by atoms with E-state index in [-0.39, 0.29) is 18.0 Å². The van der Waals surface area contributed by atoms with Crippen LogP contribution in [0.25, 0.3) is 0 Å². The Bertz CT molecular complexity index is 536. The number of hydrogen-bond acceptors (Lipinski definition) is 3. The smallest absolute Gasteiger partial charge is 0.130 e. The Labute approximate surface area is 109 Å². The molecule has 0 heterocycles. The Morgan fingerprint density at radius 2 is 1.58 bits per heavy atom. The lowest BCUT2D eigenvalue weighted by molar-refractivity contribution is 0.443. The van der Waals surface area contributed by atoms with Crippen molar-refractivity contribution in [2.24, 2.45) is 0 Å². The van der Waals surface area contributed by atoms with Crippen molar-refractivity contribution in [3.05, 3.63) is 59.2 Å². The van der Waals surface area contributed by atoms with E-state index in [1.807, 2.05) is 0 Å². The number of benzene rings is 2. The molecule has 0 aliphatic carbocycles. The highest BCUT2D eigenvalue weighted by Gasteiger charge is 2.05. The molecule has 19 heavy (non-hydrogen) atoms. The Balaban J connectivity index is 1.96. The number of hydrogen-bond donors (Lipinski definition) is 3. The molecule has 0 aliphatic heterocycles. The number of phenols is 2. The van der Waals surface area contributed by atoms with Crippen LogP contribution in [-0.4, -0.2) is 10.2 Å². The summed E-state index contributed by atoms with van der Waals surface area (Å²) in [5.41, 5.74) is 0.931. The molecule has 100 valence electrons. The zero-order valence-corrected chi connectivity index (χ0v) is 10.0. The zero-order chi connectivity index (χ0) is 13.8. The lowest BCUT2D eigenvalue weighted by Gasteiger charge is -2.08. The van der Waals surface area contributed by atoms with Gasteiger partial charge < -0.3 is 15.5 Å². The van der Waals surface area contributed by atoms with Crippen LogP contribution in [0.3, 0.4) is 0 Å². The first kappa shape index (κ1) is 13.3. The van der Waals surface area contributed by atoms with Gasteiger partial charge in [-0.25, -0.2) is 8.78 Å². The van der Waals surface area contributed by atoms with E-state index in [1.54, 1.807) is 6.07 Å². The molecule has 0 atom stereocenters. The first-order chi connectivity index (χ1) is 9.06. The van der Waals surface area contributed by atoms with Crippen molar-refractivity contribution in [3.8, 4) is 11.5 Å². The van der Waals surface area contributed by atoms with Crippen LogP contribution in [0.1, 0.15) is 11.1 Å². The number of phenolic OH excluding ortho intramolecular Hbond substituents is 2. The molecule has 0 unspecified atom stereocenters. The highest BCUT2D eigenvalue weighted by molar-refractivity contribution is 5.38. The van der Waals surface area contributed by atoms with Gasteiger partial charge in [-0.15, -0.1) is 0 Å². The predicted octanol–water partition coefficient (Wildman–Crippen LogP) is 2.67. The summed E-state index contributed by atoms with van der Waals surface area (Å²) >= 11 is 0. The highest BCUT2D eigenvalue weighted by Crippen LogP contribution is 2.22. The lowest BCUT2D eigenvalue weighted by atomic mass is 10.1. The first-order valence-electron chi connectivity index (χ1n) is 5.72. The van der Waals surface area contributed by atoms with E-state index in [0.29, 0.717) is 17.7 Å². The van der Waals surface area contributed by atoms with Crippen molar-refractivity contribution in [1.29, 1.82) is 0 Å². The average molecular weight is 265 g/mol. The molecule has 2 aromatic rings. The minimum atomic E-state index is -0.613. The SMILES string of the molecule is Oc1ccc(CNCc2ccc(F)cc2F)c(O)c1. The lowest BCUT2D eigenvalue weighted by Crippen LogP contribution is -2.13. The summed E-state index contributed by atoms with van der Waals surface area (Å²) < 4.78 is 26.1. The van der Waals surface area contributed by atoms with Gasteiger partial charge in [-0.2, -0.15) is 0 Å². The van der Waals surface area contributed by atoms with Gasteiger partial charge in [0.25, 0.3) is 0 Å². The minimum absolute atomic E-state index is 0.0224. The second kappa shape index (κ2) is 5.67. The molecule has 3 N–H and O–H groups in total. The van der Waals surface area contributed by atoms with Crippen molar-refractivity contribution in [1.82, 2.24) is 5.32 Å². The molecule has 0 saturated carbocycles. The molecule has 0 spiro atoms. The van der Waals surface area contributed by atoms with E-state index >= 15 is 0 Å². The van der Waals surface area contributed by atoms with E-state index in [4.69, 9.17) is 5.11 Å². The summed E-state index contributed by atoms with van der Waals surface area (Å²) in [6, 6.07) is 7.64. The maximum absolute atomic E-state index is 13.3. The van der Waals surface area contributed by atoms with Gasteiger partial charge >= 0.3 is 0 Å². The Morgan fingerprint density at radius 3 is 2.26 bits per heavy atom. The maximum Gasteiger partial charge on any atom is 0.130 e. The van der Waals surface area contributed by atoms with Gasteiger partial charge in [0, 0.05) is 36.3 Å². The fraction of sp³-hybridized carbons (Fsp3) is 0.143. The summed E-state index contributed by atoms with van der Waals surface area (Å²) in [6.07, 6.45) is 0. The Morgan fingerprint density at radius 1 is 0.895 bits per heavy atom. The maximum atomic E-state index is 13.3. The third-order valence-electron chi connectivity index (χ3n) is 2.71. The van der Waals surface area contributed by atoms with Gasteiger partial charge in [-0.05, 0) is 12.1 Å². The molecule has 0 aromatic heterocycles. The van der Waals surface area contributed by atoms with Crippen molar-refractivity contribution in [2.75, 3.05) is 0 Å². The van der Waals surface area contributed by atoms with Crippen molar-refractivity contribution >= 4 is 0 Å². The van der Waals surface area contributed by atoms with Crippen molar-refractivity contribution < 1.29 is 19.0 Å². The monoisotopic (exact) mass is 265 g/mol. The summed E-state index contributed by atoms with van der Waals surface area (Å²) in [7, 11) is 0. The Hall–Kier alpha value is -2.14. The van der Waals surface area contributed by atoms with Crippen LogP contribution in [0, 0.1) is 11.6 Å².